The molecule has 0 aliphatic heterocycles. The molecule has 0 atom stereocenters. The van der Waals surface area contributed by atoms with Gasteiger partial charge in [0, 0.05) is 6.07 Å². The van der Waals surface area contributed by atoms with E-state index in [4.69, 9.17) is 4.74 Å². The lowest BCUT2D eigenvalue weighted by molar-refractivity contribution is 0.340. The van der Waals surface area contributed by atoms with Crippen LogP contribution in [-0.4, -0.2) is 26.7 Å². The van der Waals surface area contributed by atoms with Gasteiger partial charge in [-0.05, 0) is 49.1 Å². The van der Waals surface area contributed by atoms with Gasteiger partial charge in [-0.1, -0.05) is 19.9 Å². The van der Waals surface area contributed by atoms with Gasteiger partial charge in [0.15, 0.2) is 0 Å². The predicted molar refractivity (Wildman–Crippen MR) is 90.5 cm³/mol. The quantitative estimate of drug-likeness (QED) is 0.781. The van der Waals surface area contributed by atoms with Gasteiger partial charge >= 0.3 is 0 Å². The van der Waals surface area contributed by atoms with Crippen LogP contribution >= 0.6 is 0 Å². The summed E-state index contributed by atoms with van der Waals surface area (Å²) in [4.78, 5) is 1.51. The number of aryl methyl sites for hydroxylation is 2. The van der Waals surface area contributed by atoms with Gasteiger partial charge in [-0.2, -0.15) is 0 Å². The molecule has 2 aromatic carbocycles. The summed E-state index contributed by atoms with van der Waals surface area (Å²) in [7, 11) is 0. The number of benzene rings is 2. The monoisotopic (exact) mass is 311 g/mol. The second kappa shape index (κ2) is 6.28. The third kappa shape index (κ3) is 2.86. The lowest BCUT2D eigenvalue weighted by atomic mass is 10.0. The highest BCUT2D eigenvalue weighted by atomic mass is 16.5. The van der Waals surface area contributed by atoms with Gasteiger partial charge in [0.25, 0.3) is 0 Å². The van der Waals surface area contributed by atoms with Gasteiger partial charge in [0.1, 0.15) is 28.2 Å². The first-order valence-corrected chi connectivity index (χ1v) is 8.01. The molecule has 0 spiro atoms. The number of nitrogens with zero attached hydrogens (tertiary/aromatic N) is 3. The molecule has 1 aromatic heterocycles. The summed E-state index contributed by atoms with van der Waals surface area (Å²) < 4.78 is 5.50. The van der Waals surface area contributed by atoms with E-state index in [1.54, 1.807) is 0 Å². The number of phenols is 1. The number of rotatable bonds is 5. The molecule has 120 valence electrons. The van der Waals surface area contributed by atoms with Crippen molar-refractivity contribution in [1.29, 1.82) is 0 Å². The zero-order chi connectivity index (χ0) is 16.4. The van der Waals surface area contributed by atoms with E-state index in [1.165, 1.54) is 4.80 Å². The fraction of sp³-hybridized carbons (Fsp3) is 0.333. The average molecular weight is 311 g/mol. The molecule has 3 rings (SSSR count). The predicted octanol–water partition coefficient (Wildman–Crippen LogP) is 3.65. The molecule has 0 aliphatic carbocycles. The van der Waals surface area contributed by atoms with Crippen LogP contribution in [0.25, 0.3) is 16.7 Å². The minimum atomic E-state index is 0.245. The third-order valence-corrected chi connectivity index (χ3v) is 3.90. The SMILES string of the molecule is CCOc1ccc2nn(-c3cc(CC)cc(CC)c3O)nc2c1. The number of phenolic OH excluding ortho intramolecular Hbond substituents is 1. The molecule has 3 aromatic rings. The number of hydrogen-bond donors (Lipinski definition) is 1. The van der Waals surface area contributed by atoms with Crippen LogP contribution in [0.3, 0.4) is 0 Å². The molecule has 1 N–H and O–H groups in total. The van der Waals surface area contributed by atoms with Crippen molar-refractivity contribution in [2.75, 3.05) is 6.61 Å². The van der Waals surface area contributed by atoms with E-state index in [1.807, 2.05) is 44.2 Å². The average Bonchev–Trinajstić information content (AvgIpc) is 2.98. The maximum Gasteiger partial charge on any atom is 0.146 e. The van der Waals surface area contributed by atoms with E-state index in [0.29, 0.717) is 12.3 Å². The van der Waals surface area contributed by atoms with Gasteiger partial charge in [-0.15, -0.1) is 15.0 Å². The smallest absolute Gasteiger partial charge is 0.146 e. The van der Waals surface area contributed by atoms with Gasteiger partial charge in [-0.3, -0.25) is 0 Å². The first kappa shape index (κ1) is 15.3. The Kier molecular flexibility index (Phi) is 4.19. The molecule has 0 amide bonds. The second-order valence-corrected chi connectivity index (χ2v) is 5.40. The van der Waals surface area contributed by atoms with Crippen molar-refractivity contribution < 1.29 is 9.84 Å². The van der Waals surface area contributed by atoms with Crippen molar-refractivity contribution in [3.63, 3.8) is 0 Å². The Bertz CT molecular complexity index is 840. The molecule has 23 heavy (non-hydrogen) atoms. The van der Waals surface area contributed by atoms with Gasteiger partial charge in [0.05, 0.1) is 6.61 Å². The molecule has 1 heterocycles. The molecule has 0 bridgehead atoms. The maximum atomic E-state index is 10.5. The van der Waals surface area contributed by atoms with Crippen molar-refractivity contribution >= 4 is 11.0 Å². The largest absolute Gasteiger partial charge is 0.505 e. The van der Waals surface area contributed by atoms with Crippen LogP contribution in [0.4, 0.5) is 0 Å². The van der Waals surface area contributed by atoms with Crippen molar-refractivity contribution in [2.45, 2.75) is 33.6 Å². The molecular formula is C18H21N3O2. The van der Waals surface area contributed by atoms with Crippen LogP contribution in [0.1, 0.15) is 31.9 Å². The van der Waals surface area contributed by atoms with Crippen LogP contribution in [0, 0.1) is 0 Å². The van der Waals surface area contributed by atoms with Crippen molar-refractivity contribution in [1.82, 2.24) is 15.0 Å². The highest BCUT2D eigenvalue weighted by Crippen LogP contribution is 2.29. The van der Waals surface area contributed by atoms with E-state index < -0.39 is 0 Å². The summed E-state index contributed by atoms with van der Waals surface area (Å²) in [6, 6.07) is 9.60. The standard InChI is InChI=1S/C18H21N3O2/c1-4-12-9-13(5-2)18(22)17(10-12)21-19-15-8-7-14(23-6-3)11-16(15)20-21/h7-11,22H,4-6H2,1-3H3. The molecular weight excluding hydrogens is 290 g/mol. The lowest BCUT2D eigenvalue weighted by Gasteiger charge is -2.10. The Morgan fingerprint density at radius 2 is 1.78 bits per heavy atom. The normalized spacial score (nSPS) is 11.1. The van der Waals surface area contributed by atoms with Crippen molar-refractivity contribution in [3.8, 4) is 17.2 Å². The Morgan fingerprint density at radius 3 is 2.48 bits per heavy atom. The zero-order valence-electron chi connectivity index (χ0n) is 13.7. The highest BCUT2D eigenvalue weighted by molar-refractivity contribution is 5.76. The second-order valence-electron chi connectivity index (χ2n) is 5.40. The zero-order valence-corrected chi connectivity index (χ0v) is 13.7. The first-order chi connectivity index (χ1) is 11.2. The fourth-order valence-corrected chi connectivity index (χ4v) is 2.63. The summed E-state index contributed by atoms with van der Waals surface area (Å²) in [6.07, 6.45) is 1.66. The molecule has 0 fully saturated rings. The van der Waals surface area contributed by atoms with Crippen LogP contribution in [0.2, 0.25) is 0 Å². The summed E-state index contributed by atoms with van der Waals surface area (Å²) >= 11 is 0. The Hall–Kier alpha value is -2.56. The molecule has 0 radical (unpaired) electrons. The van der Waals surface area contributed by atoms with Crippen LogP contribution < -0.4 is 4.74 Å². The van der Waals surface area contributed by atoms with Gasteiger partial charge < -0.3 is 9.84 Å². The molecule has 0 saturated heterocycles. The maximum absolute atomic E-state index is 10.5. The Morgan fingerprint density at radius 1 is 1.00 bits per heavy atom. The number of aromatic hydroxyl groups is 1. The molecule has 0 saturated carbocycles. The molecule has 5 nitrogen and oxygen atoms in total. The molecule has 0 unspecified atom stereocenters. The van der Waals surface area contributed by atoms with E-state index in [2.05, 4.69) is 17.1 Å². The van der Waals surface area contributed by atoms with Gasteiger partial charge in [-0.25, -0.2) is 0 Å². The number of hydrogen-bond acceptors (Lipinski definition) is 4. The van der Waals surface area contributed by atoms with E-state index in [9.17, 15) is 5.11 Å². The minimum absolute atomic E-state index is 0.245. The third-order valence-electron chi connectivity index (χ3n) is 3.90. The van der Waals surface area contributed by atoms with Crippen LogP contribution in [-0.2, 0) is 12.8 Å². The first-order valence-electron chi connectivity index (χ1n) is 8.01. The summed E-state index contributed by atoms with van der Waals surface area (Å²) in [5.41, 5.74) is 4.21. The fourth-order valence-electron chi connectivity index (χ4n) is 2.63. The van der Waals surface area contributed by atoms with E-state index >= 15 is 0 Å². The highest BCUT2D eigenvalue weighted by Gasteiger charge is 2.13. The lowest BCUT2D eigenvalue weighted by Crippen LogP contribution is -2.02. The summed E-state index contributed by atoms with van der Waals surface area (Å²) in [5.74, 6) is 1.02. The summed E-state index contributed by atoms with van der Waals surface area (Å²) in [5, 5.41) is 19.5. The molecule has 5 heteroatoms. The minimum Gasteiger partial charge on any atom is -0.505 e. The number of aromatic nitrogens is 3. The Balaban J connectivity index is 2.12. The number of ether oxygens (including phenoxy) is 1. The van der Waals surface area contributed by atoms with Crippen LogP contribution in [0.5, 0.6) is 11.5 Å². The van der Waals surface area contributed by atoms with E-state index in [-0.39, 0.29) is 5.75 Å². The van der Waals surface area contributed by atoms with Gasteiger partial charge in [0.2, 0.25) is 0 Å². The topological polar surface area (TPSA) is 60.2 Å². The van der Waals surface area contributed by atoms with E-state index in [0.717, 1.165) is 40.8 Å². The van der Waals surface area contributed by atoms with Crippen molar-refractivity contribution in [2.24, 2.45) is 0 Å². The Labute approximate surface area is 135 Å². The van der Waals surface area contributed by atoms with Crippen molar-refractivity contribution in [3.05, 3.63) is 41.5 Å². The number of fused-ring (bicyclic) bond motifs is 1. The molecule has 0 aliphatic rings. The van der Waals surface area contributed by atoms with Crippen LogP contribution in [0.15, 0.2) is 30.3 Å². The summed E-state index contributed by atoms with van der Waals surface area (Å²) in [6.45, 7) is 6.68.